The van der Waals surface area contributed by atoms with Crippen molar-refractivity contribution in [1.29, 1.82) is 0 Å². The predicted octanol–water partition coefficient (Wildman–Crippen LogP) is 4.85. The Balaban J connectivity index is 1.24. The molecule has 2 aromatic carbocycles. The number of carbonyl (C=O) groups is 1. The molecule has 0 spiro atoms. The van der Waals surface area contributed by atoms with E-state index >= 15 is 0 Å². The molecule has 1 amide bonds. The number of aromatic nitrogens is 1. The van der Waals surface area contributed by atoms with Crippen molar-refractivity contribution in [3.8, 4) is 0 Å². The summed E-state index contributed by atoms with van der Waals surface area (Å²) in [4.78, 5) is 15.0. The van der Waals surface area contributed by atoms with Gasteiger partial charge in [-0.05, 0) is 56.0 Å². The molecular formula is C28H29F2N3O4S. The lowest BCUT2D eigenvalue weighted by atomic mass is 9.96. The maximum Gasteiger partial charge on any atom is 0.248 e. The smallest absolute Gasteiger partial charge is 0.248 e. The highest BCUT2D eigenvalue weighted by Crippen LogP contribution is 2.32. The van der Waals surface area contributed by atoms with E-state index in [1.807, 2.05) is 23.1 Å². The largest absolute Gasteiger partial charge is 0.355 e. The molecule has 38 heavy (non-hydrogen) atoms. The molecule has 3 heterocycles. The van der Waals surface area contributed by atoms with Crippen LogP contribution < -0.4 is 0 Å². The van der Waals surface area contributed by atoms with E-state index in [2.05, 4.69) is 17.3 Å². The van der Waals surface area contributed by atoms with Crippen LogP contribution in [0.3, 0.4) is 0 Å². The van der Waals surface area contributed by atoms with Crippen LogP contribution in [0.2, 0.25) is 0 Å². The van der Waals surface area contributed by atoms with Gasteiger partial charge in [0.1, 0.15) is 17.3 Å². The van der Waals surface area contributed by atoms with E-state index in [4.69, 9.17) is 4.52 Å². The van der Waals surface area contributed by atoms with Crippen LogP contribution in [0.4, 0.5) is 8.78 Å². The summed E-state index contributed by atoms with van der Waals surface area (Å²) < 4.78 is 60.8. The monoisotopic (exact) mass is 541 g/mol. The number of hydrogen-bond acceptors (Lipinski definition) is 5. The third-order valence-corrected chi connectivity index (χ3v) is 9.44. The summed E-state index contributed by atoms with van der Waals surface area (Å²) in [5.41, 5.74) is 1.51. The van der Waals surface area contributed by atoms with E-state index in [0.29, 0.717) is 31.8 Å². The van der Waals surface area contributed by atoms with Gasteiger partial charge in [0.15, 0.2) is 10.7 Å². The molecule has 2 fully saturated rings. The number of rotatable bonds is 6. The molecule has 7 nitrogen and oxygen atoms in total. The lowest BCUT2D eigenvalue weighted by molar-refractivity contribution is -0.135. The topological polar surface area (TPSA) is 83.7 Å². The van der Waals surface area contributed by atoms with Crippen LogP contribution >= 0.6 is 0 Å². The molecule has 2 saturated heterocycles. The van der Waals surface area contributed by atoms with Crippen molar-refractivity contribution in [2.75, 3.05) is 26.2 Å². The summed E-state index contributed by atoms with van der Waals surface area (Å²) in [7, 11) is -3.97. The molecule has 1 atom stereocenters. The molecule has 10 heteroatoms. The van der Waals surface area contributed by atoms with Crippen LogP contribution in [0.25, 0.3) is 12.2 Å². The lowest BCUT2D eigenvalue weighted by Gasteiger charge is -2.32. The lowest BCUT2D eigenvalue weighted by Crippen LogP contribution is -2.44. The van der Waals surface area contributed by atoms with Crippen LogP contribution in [0.5, 0.6) is 0 Å². The van der Waals surface area contributed by atoms with E-state index in [9.17, 15) is 22.0 Å². The fourth-order valence-electron chi connectivity index (χ4n) is 5.29. The van der Waals surface area contributed by atoms with Crippen molar-refractivity contribution in [3.63, 3.8) is 0 Å². The van der Waals surface area contributed by atoms with Gasteiger partial charge in [0, 0.05) is 49.6 Å². The van der Waals surface area contributed by atoms with E-state index in [1.54, 1.807) is 0 Å². The molecule has 0 aliphatic carbocycles. The first-order valence-electron chi connectivity index (χ1n) is 12.7. The number of carbonyl (C=O) groups excluding carboxylic acids is 1. The SMILES string of the molecule is Cc1noc(C=Cc2ccc(F)cc2F)c1S(=O)(=O)N1CCC(C(=O)N2CCC(c3ccccc3)C2)CC1. The Morgan fingerprint density at radius 2 is 1.76 bits per heavy atom. The van der Waals surface area contributed by atoms with Crippen LogP contribution in [0, 0.1) is 24.5 Å². The van der Waals surface area contributed by atoms with E-state index in [0.717, 1.165) is 18.6 Å². The summed E-state index contributed by atoms with van der Waals surface area (Å²) in [5.74, 6) is -1.32. The Bertz CT molecular complexity index is 1450. The summed E-state index contributed by atoms with van der Waals surface area (Å²) in [6.07, 6.45) is 4.42. The minimum absolute atomic E-state index is 0.0338. The van der Waals surface area contributed by atoms with Gasteiger partial charge in [0.2, 0.25) is 15.9 Å². The molecule has 5 rings (SSSR count). The summed E-state index contributed by atoms with van der Waals surface area (Å²) in [6.45, 7) is 3.33. The number of aryl methyl sites for hydroxylation is 1. The highest BCUT2D eigenvalue weighted by molar-refractivity contribution is 7.89. The Labute approximate surface area is 220 Å². The van der Waals surface area contributed by atoms with Crippen molar-refractivity contribution < 1.29 is 26.5 Å². The standard InChI is InChI=1S/C28H29F2N3O4S/c1-19-27(26(37-31-19)10-8-21-7-9-24(29)17-25(21)30)38(35,36)33-15-12-22(13-16-33)28(34)32-14-11-23(18-32)20-5-3-2-4-6-20/h2-10,17,22-23H,11-16,18H2,1H3. The maximum absolute atomic E-state index is 14.0. The highest BCUT2D eigenvalue weighted by atomic mass is 32.2. The molecule has 1 unspecified atom stereocenters. The fraction of sp³-hybridized carbons (Fsp3) is 0.357. The number of sulfonamides is 1. The first kappa shape index (κ1) is 26.2. The molecule has 0 saturated carbocycles. The number of amides is 1. The van der Waals surface area contributed by atoms with Crippen LogP contribution in [0.1, 0.15) is 47.8 Å². The third kappa shape index (κ3) is 5.28. The third-order valence-electron chi connectivity index (χ3n) is 7.38. The van der Waals surface area contributed by atoms with Gasteiger partial charge in [-0.2, -0.15) is 4.31 Å². The first-order chi connectivity index (χ1) is 18.2. The van der Waals surface area contributed by atoms with Crippen molar-refractivity contribution in [2.45, 2.75) is 37.0 Å². The molecule has 1 aromatic heterocycles. The van der Waals surface area contributed by atoms with Gasteiger partial charge < -0.3 is 9.42 Å². The van der Waals surface area contributed by atoms with Gasteiger partial charge in [0.25, 0.3) is 0 Å². The summed E-state index contributed by atoms with van der Waals surface area (Å²) in [5, 5.41) is 3.81. The van der Waals surface area contributed by atoms with Gasteiger partial charge >= 0.3 is 0 Å². The molecule has 0 radical (unpaired) electrons. The molecule has 200 valence electrons. The zero-order valence-corrected chi connectivity index (χ0v) is 21.8. The van der Waals surface area contributed by atoms with Crippen molar-refractivity contribution in [2.24, 2.45) is 5.92 Å². The van der Waals surface area contributed by atoms with Gasteiger partial charge in [-0.25, -0.2) is 17.2 Å². The number of likely N-dealkylation sites (tertiary alicyclic amines) is 1. The second kappa shape index (κ2) is 10.8. The number of piperidine rings is 1. The van der Waals surface area contributed by atoms with E-state index in [-0.39, 0.29) is 46.8 Å². The number of benzene rings is 2. The Hall–Kier alpha value is -3.37. The second-order valence-corrected chi connectivity index (χ2v) is 11.7. The quantitative estimate of drug-likeness (QED) is 0.446. The van der Waals surface area contributed by atoms with Gasteiger partial charge in [-0.15, -0.1) is 0 Å². The number of hydrogen-bond donors (Lipinski definition) is 0. The molecule has 2 aliphatic rings. The Morgan fingerprint density at radius 1 is 1.03 bits per heavy atom. The van der Waals surface area contributed by atoms with Crippen LogP contribution in [0.15, 0.2) is 57.9 Å². The molecule has 0 N–H and O–H groups in total. The Kier molecular flexibility index (Phi) is 7.45. The molecular weight excluding hydrogens is 512 g/mol. The first-order valence-corrected chi connectivity index (χ1v) is 14.1. The minimum Gasteiger partial charge on any atom is -0.355 e. The summed E-state index contributed by atoms with van der Waals surface area (Å²) in [6, 6.07) is 13.3. The van der Waals surface area contributed by atoms with Crippen LogP contribution in [-0.2, 0) is 14.8 Å². The molecule has 0 bridgehead atoms. The molecule has 3 aromatic rings. The van der Waals surface area contributed by atoms with Gasteiger partial charge in [-0.1, -0.05) is 35.5 Å². The van der Waals surface area contributed by atoms with Gasteiger partial charge in [0.05, 0.1) is 0 Å². The maximum atomic E-state index is 14.0. The Morgan fingerprint density at radius 3 is 2.47 bits per heavy atom. The van der Waals surface area contributed by atoms with Crippen molar-refractivity contribution in [3.05, 3.63) is 82.7 Å². The number of nitrogens with zero attached hydrogens (tertiary/aromatic N) is 3. The van der Waals surface area contributed by atoms with E-state index in [1.165, 1.54) is 35.0 Å². The van der Waals surface area contributed by atoms with Gasteiger partial charge in [-0.3, -0.25) is 4.79 Å². The van der Waals surface area contributed by atoms with Crippen molar-refractivity contribution >= 4 is 28.1 Å². The average Bonchev–Trinajstić information content (AvgIpc) is 3.56. The predicted molar refractivity (Wildman–Crippen MR) is 138 cm³/mol. The van der Waals surface area contributed by atoms with Crippen LogP contribution in [-0.4, -0.2) is 54.9 Å². The average molecular weight is 542 g/mol. The number of halogens is 2. The fourth-order valence-corrected chi connectivity index (χ4v) is 7.01. The zero-order valence-electron chi connectivity index (χ0n) is 21.0. The zero-order chi connectivity index (χ0) is 26.9. The highest BCUT2D eigenvalue weighted by Gasteiger charge is 2.38. The second-order valence-electron chi connectivity index (χ2n) is 9.82. The summed E-state index contributed by atoms with van der Waals surface area (Å²) >= 11 is 0. The normalized spacial score (nSPS) is 19.4. The van der Waals surface area contributed by atoms with Crippen molar-refractivity contribution in [1.82, 2.24) is 14.4 Å². The van der Waals surface area contributed by atoms with E-state index < -0.39 is 21.7 Å². The molecule has 2 aliphatic heterocycles. The minimum atomic E-state index is -3.97.